The highest BCUT2D eigenvalue weighted by Gasteiger charge is 2.41. The molecule has 0 unspecified atom stereocenters. The lowest BCUT2D eigenvalue weighted by Crippen LogP contribution is -2.49. The molecule has 0 aliphatic carbocycles. The van der Waals surface area contributed by atoms with Gasteiger partial charge in [-0.15, -0.1) is 0 Å². The fourth-order valence-corrected chi connectivity index (χ4v) is 4.13. The summed E-state index contributed by atoms with van der Waals surface area (Å²) in [5.74, 6) is -3.48. The van der Waals surface area contributed by atoms with Crippen molar-refractivity contribution in [2.24, 2.45) is 0 Å². The van der Waals surface area contributed by atoms with Gasteiger partial charge in [0.05, 0.1) is 6.61 Å². The normalized spacial score (nSPS) is 18.8. The zero-order valence-corrected chi connectivity index (χ0v) is 19.3. The first-order chi connectivity index (χ1) is 16.7. The molecule has 1 aromatic carbocycles. The maximum atomic E-state index is 14.0. The van der Waals surface area contributed by atoms with Crippen molar-refractivity contribution in [3.63, 3.8) is 0 Å². The molecule has 10 heteroatoms. The average molecular weight is 485 g/mol. The molecule has 0 radical (unpaired) electrons. The number of unbranched alkanes of at least 4 members (excludes halogenated alkanes) is 1. The van der Waals surface area contributed by atoms with Crippen LogP contribution in [0.25, 0.3) is 0 Å². The maximum absolute atomic E-state index is 14.0. The van der Waals surface area contributed by atoms with E-state index in [9.17, 15) is 28.0 Å². The van der Waals surface area contributed by atoms with Crippen LogP contribution in [0.3, 0.4) is 0 Å². The summed E-state index contributed by atoms with van der Waals surface area (Å²) in [7, 11) is 0. The van der Waals surface area contributed by atoms with Gasteiger partial charge < -0.3 is 19.5 Å². The minimum Gasteiger partial charge on any atom is -0.487 e. The average Bonchev–Trinajstić information content (AvgIpc) is 2.95. The van der Waals surface area contributed by atoms with Crippen LogP contribution in [0.2, 0.25) is 0 Å². The molecule has 2 aliphatic heterocycles. The second kappa shape index (κ2) is 9.81. The van der Waals surface area contributed by atoms with Crippen LogP contribution in [0.15, 0.2) is 41.3 Å². The van der Waals surface area contributed by atoms with Crippen molar-refractivity contribution in [3.05, 3.63) is 75.2 Å². The summed E-state index contributed by atoms with van der Waals surface area (Å²) in [4.78, 5) is 53.9. The molecular weight excluding hydrogens is 460 g/mol. The lowest BCUT2D eigenvalue weighted by atomic mass is 10.0. The Labute approximate surface area is 200 Å². The van der Waals surface area contributed by atoms with Gasteiger partial charge in [0.2, 0.25) is 5.43 Å². The molecule has 8 nitrogen and oxygen atoms in total. The first-order valence-corrected chi connectivity index (χ1v) is 11.4. The van der Waals surface area contributed by atoms with E-state index < -0.39 is 34.9 Å². The van der Waals surface area contributed by atoms with Gasteiger partial charge in [-0.1, -0.05) is 25.5 Å². The number of rotatable bonds is 7. The van der Waals surface area contributed by atoms with Crippen molar-refractivity contribution in [2.75, 3.05) is 13.2 Å². The lowest BCUT2D eigenvalue weighted by Gasteiger charge is -2.36. The molecule has 1 N–H and O–H groups in total. The smallest absolute Gasteiger partial charge is 0.275 e. The molecule has 2 atom stereocenters. The van der Waals surface area contributed by atoms with Crippen molar-refractivity contribution in [3.8, 4) is 5.75 Å². The van der Waals surface area contributed by atoms with Gasteiger partial charge in [-0.3, -0.25) is 19.2 Å². The van der Waals surface area contributed by atoms with Gasteiger partial charge in [0, 0.05) is 37.0 Å². The van der Waals surface area contributed by atoms with Crippen LogP contribution in [0, 0.1) is 11.6 Å². The molecule has 184 valence electrons. The summed E-state index contributed by atoms with van der Waals surface area (Å²) in [6.07, 6.45) is 5.58. The molecule has 35 heavy (non-hydrogen) atoms. The molecule has 4 rings (SSSR count). The van der Waals surface area contributed by atoms with Gasteiger partial charge in [0.15, 0.2) is 17.2 Å². The minimum absolute atomic E-state index is 0.0288. The molecule has 2 aromatic rings. The summed E-state index contributed by atoms with van der Waals surface area (Å²) in [5.41, 5.74) is -1.20. The highest BCUT2D eigenvalue weighted by molar-refractivity contribution is 6.03. The number of ketones is 1. The van der Waals surface area contributed by atoms with Crippen LogP contribution in [-0.4, -0.2) is 46.3 Å². The Morgan fingerprint density at radius 2 is 2.00 bits per heavy atom. The second-order valence-electron chi connectivity index (χ2n) is 8.55. The summed E-state index contributed by atoms with van der Waals surface area (Å²) in [6.45, 7) is 3.63. The molecule has 1 aromatic heterocycles. The third-order valence-electron chi connectivity index (χ3n) is 6.16. The van der Waals surface area contributed by atoms with E-state index in [0.29, 0.717) is 12.5 Å². The van der Waals surface area contributed by atoms with Crippen molar-refractivity contribution >= 4 is 17.6 Å². The number of fused-ring (bicyclic) bond motifs is 4. The van der Waals surface area contributed by atoms with Crippen molar-refractivity contribution in [1.82, 2.24) is 14.8 Å². The number of nitrogens with zero attached hydrogens (tertiary/aromatic N) is 2. The molecule has 0 saturated heterocycles. The number of aromatic nitrogens is 1. The van der Waals surface area contributed by atoms with Gasteiger partial charge >= 0.3 is 0 Å². The van der Waals surface area contributed by atoms with Crippen LogP contribution >= 0.6 is 0 Å². The molecular formula is C25H25F2N3O5. The molecule has 3 heterocycles. The summed E-state index contributed by atoms with van der Waals surface area (Å²) >= 11 is 0. The third kappa shape index (κ3) is 4.60. The molecule has 2 amide bonds. The van der Waals surface area contributed by atoms with E-state index in [2.05, 4.69) is 5.32 Å². The van der Waals surface area contributed by atoms with Crippen molar-refractivity contribution in [1.29, 1.82) is 0 Å². The van der Waals surface area contributed by atoms with Crippen LogP contribution in [-0.2, 0) is 11.3 Å². The Bertz CT molecular complexity index is 1290. The monoisotopic (exact) mass is 485 g/mol. The number of hydrogen-bond acceptors (Lipinski definition) is 5. The molecule has 0 saturated carbocycles. The highest BCUT2D eigenvalue weighted by atomic mass is 19.1. The number of halogens is 2. The van der Waals surface area contributed by atoms with Crippen molar-refractivity contribution < 1.29 is 27.9 Å². The fourth-order valence-electron chi connectivity index (χ4n) is 4.13. The van der Waals surface area contributed by atoms with Crippen LogP contribution < -0.4 is 15.5 Å². The second-order valence-corrected chi connectivity index (χ2v) is 8.55. The van der Waals surface area contributed by atoms with E-state index in [1.807, 2.05) is 6.92 Å². The van der Waals surface area contributed by atoms with Crippen LogP contribution in [0.4, 0.5) is 8.78 Å². The van der Waals surface area contributed by atoms with Crippen molar-refractivity contribution in [2.45, 2.75) is 45.3 Å². The fraction of sp³-hybridized carbons (Fsp3) is 0.360. The Balaban J connectivity index is 1.76. The molecule has 0 spiro atoms. The first-order valence-electron chi connectivity index (χ1n) is 11.4. The Hall–Kier alpha value is -3.82. The van der Waals surface area contributed by atoms with E-state index in [0.717, 1.165) is 12.5 Å². The number of ether oxygens (including phenoxy) is 1. The Morgan fingerprint density at radius 1 is 1.23 bits per heavy atom. The first kappa shape index (κ1) is 24.3. The molecule has 2 aliphatic rings. The van der Waals surface area contributed by atoms with Gasteiger partial charge in [-0.05, 0) is 25.5 Å². The number of carbonyl (C=O) groups is 3. The number of allylic oxidation sites excluding steroid dienone is 1. The van der Waals surface area contributed by atoms with E-state index >= 15 is 0 Å². The van der Waals surface area contributed by atoms with Gasteiger partial charge in [0.1, 0.15) is 23.2 Å². The topological polar surface area (TPSA) is 97.7 Å². The maximum Gasteiger partial charge on any atom is 0.275 e. The zero-order valence-electron chi connectivity index (χ0n) is 19.3. The number of benzene rings is 1. The Kier molecular flexibility index (Phi) is 6.81. The van der Waals surface area contributed by atoms with Gasteiger partial charge in [0.25, 0.3) is 11.8 Å². The van der Waals surface area contributed by atoms with E-state index in [1.165, 1.54) is 27.8 Å². The SMILES string of the molecule is CCCCOc1c2n(cc(C(=O)NCc3ccc(F)cc3F)c1=O)[C@@H]1CN(C2=O)[C@@H](C)C=CC1=O. The summed E-state index contributed by atoms with van der Waals surface area (Å²) < 4.78 is 34.2. The van der Waals surface area contributed by atoms with Crippen LogP contribution in [0.1, 0.15) is 59.1 Å². The number of amides is 2. The minimum atomic E-state index is -0.841. The predicted octanol–water partition coefficient (Wildman–Crippen LogP) is 2.76. The number of hydrogen-bond donors (Lipinski definition) is 1. The van der Waals surface area contributed by atoms with Crippen LogP contribution in [0.5, 0.6) is 5.75 Å². The number of nitrogens with one attached hydrogen (secondary N) is 1. The third-order valence-corrected chi connectivity index (χ3v) is 6.16. The van der Waals surface area contributed by atoms with Gasteiger partial charge in [-0.25, -0.2) is 8.78 Å². The molecule has 2 bridgehead atoms. The number of carbonyl (C=O) groups excluding carboxylic acids is 3. The summed E-state index contributed by atoms with van der Waals surface area (Å²) in [6, 6.07) is 1.74. The van der Waals surface area contributed by atoms with E-state index in [-0.39, 0.29) is 54.1 Å². The Morgan fingerprint density at radius 3 is 2.71 bits per heavy atom. The van der Waals surface area contributed by atoms with Gasteiger partial charge in [-0.2, -0.15) is 0 Å². The number of pyridine rings is 1. The standard InChI is InChI=1S/C25H25F2N3O5/c1-3-4-9-35-23-21-25(34)29-13-19(20(31)8-5-14(29)2)30(21)12-17(22(23)32)24(33)28-11-15-6-7-16(26)10-18(15)27/h5-8,10,12,14,19H,3-4,9,11,13H2,1-2H3,(H,28,33)/t14-,19+/m0/s1. The quantitative estimate of drug-likeness (QED) is 0.609. The van der Waals surface area contributed by atoms with E-state index in [1.54, 1.807) is 13.0 Å². The largest absolute Gasteiger partial charge is 0.487 e. The predicted molar refractivity (Wildman–Crippen MR) is 122 cm³/mol. The highest BCUT2D eigenvalue weighted by Crippen LogP contribution is 2.31. The van der Waals surface area contributed by atoms with E-state index in [4.69, 9.17) is 4.74 Å². The lowest BCUT2D eigenvalue weighted by molar-refractivity contribution is -0.118. The molecule has 0 fully saturated rings. The summed E-state index contributed by atoms with van der Waals surface area (Å²) in [5, 5.41) is 2.45. The zero-order chi connectivity index (χ0) is 25.3.